The minimum atomic E-state index is 0. The maximum atomic E-state index is 5.65. The van der Waals surface area contributed by atoms with Crippen LogP contribution in [0.3, 0.4) is 0 Å². The van der Waals surface area contributed by atoms with Crippen LogP contribution in [0.2, 0.25) is 0 Å². The van der Waals surface area contributed by atoms with E-state index in [-0.39, 0.29) is 24.0 Å². The summed E-state index contributed by atoms with van der Waals surface area (Å²) in [5.74, 6) is 2.32. The number of hydrogen-bond donors (Lipinski definition) is 1. The maximum absolute atomic E-state index is 5.65. The number of nitrogens with zero attached hydrogens (tertiary/aromatic N) is 2. The summed E-state index contributed by atoms with van der Waals surface area (Å²) in [4.78, 5) is 6.71. The predicted octanol–water partition coefficient (Wildman–Crippen LogP) is 3.14. The summed E-state index contributed by atoms with van der Waals surface area (Å²) in [6.45, 7) is 4.79. The maximum Gasteiger partial charge on any atom is 0.193 e. The van der Waals surface area contributed by atoms with Gasteiger partial charge in [-0.2, -0.15) is 0 Å². The Morgan fingerprint density at radius 3 is 2.81 bits per heavy atom. The molecular weight excluding hydrogens is 513 g/mol. The van der Waals surface area contributed by atoms with Crippen molar-refractivity contribution >= 4 is 45.9 Å². The highest BCUT2D eigenvalue weighted by Crippen LogP contribution is 2.25. The summed E-state index contributed by atoms with van der Waals surface area (Å²) in [7, 11) is 5.19. The van der Waals surface area contributed by atoms with E-state index in [4.69, 9.17) is 14.2 Å². The van der Waals surface area contributed by atoms with Gasteiger partial charge in [0, 0.05) is 39.7 Å². The molecule has 1 atom stereocenters. The van der Waals surface area contributed by atoms with Crippen LogP contribution in [0.1, 0.15) is 12.0 Å². The highest BCUT2D eigenvalue weighted by atomic mass is 127. The smallest absolute Gasteiger partial charge is 0.193 e. The Bertz CT molecular complexity index is 575. The van der Waals surface area contributed by atoms with Gasteiger partial charge in [-0.3, -0.25) is 4.99 Å². The molecule has 0 aliphatic carbocycles. The normalized spacial score (nSPS) is 17.2. The third kappa shape index (κ3) is 7.21. The van der Waals surface area contributed by atoms with Crippen LogP contribution in [-0.2, 0) is 16.0 Å². The van der Waals surface area contributed by atoms with E-state index in [0.717, 1.165) is 48.8 Å². The molecular formula is C18H29BrIN3O3. The van der Waals surface area contributed by atoms with Crippen molar-refractivity contribution in [1.82, 2.24) is 10.2 Å². The summed E-state index contributed by atoms with van der Waals surface area (Å²) in [6.07, 6.45) is 1.13. The SMILES string of the molecule is CN=C(NCc1ccc(OC)c(Br)c1)N1CCC(COCCOC)C1.I. The van der Waals surface area contributed by atoms with Crippen molar-refractivity contribution in [3.63, 3.8) is 0 Å². The van der Waals surface area contributed by atoms with Crippen LogP contribution in [-0.4, -0.2) is 65.0 Å². The summed E-state index contributed by atoms with van der Waals surface area (Å²) < 4.78 is 16.9. The Kier molecular flexibility index (Phi) is 11.5. The van der Waals surface area contributed by atoms with Crippen molar-refractivity contribution in [2.24, 2.45) is 10.9 Å². The van der Waals surface area contributed by atoms with E-state index in [9.17, 15) is 0 Å². The highest BCUT2D eigenvalue weighted by molar-refractivity contribution is 14.0. The van der Waals surface area contributed by atoms with Gasteiger partial charge in [0.05, 0.1) is 31.4 Å². The van der Waals surface area contributed by atoms with Crippen molar-refractivity contribution in [1.29, 1.82) is 0 Å². The first-order valence-electron chi connectivity index (χ1n) is 8.52. The first kappa shape index (κ1) is 23.5. The Balaban J connectivity index is 0.00000338. The third-order valence-electron chi connectivity index (χ3n) is 4.25. The van der Waals surface area contributed by atoms with Crippen molar-refractivity contribution in [3.05, 3.63) is 28.2 Å². The Hall–Kier alpha value is -0.580. The van der Waals surface area contributed by atoms with E-state index < -0.39 is 0 Å². The molecule has 0 bridgehead atoms. The zero-order valence-electron chi connectivity index (χ0n) is 15.7. The molecule has 1 heterocycles. The van der Waals surface area contributed by atoms with Gasteiger partial charge in [0.2, 0.25) is 0 Å². The topological polar surface area (TPSA) is 55.3 Å². The van der Waals surface area contributed by atoms with Gasteiger partial charge in [-0.1, -0.05) is 6.07 Å². The second-order valence-electron chi connectivity index (χ2n) is 6.04. The Morgan fingerprint density at radius 1 is 1.35 bits per heavy atom. The molecule has 1 aromatic carbocycles. The van der Waals surface area contributed by atoms with Gasteiger partial charge >= 0.3 is 0 Å². The van der Waals surface area contributed by atoms with Crippen molar-refractivity contribution in [3.8, 4) is 5.75 Å². The zero-order valence-corrected chi connectivity index (χ0v) is 19.6. The first-order valence-corrected chi connectivity index (χ1v) is 9.32. The second kappa shape index (κ2) is 12.7. The monoisotopic (exact) mass is 541 g/mol. The lowest BCUT2D eigenvalue weighted by molar-refractivity contribution is 0.0536. The number of hydrogen-bond acceptors (Lipinski definition) is 4. The fraction of sp³-hybridized carbons (Fsp3) is 0.611. The predicted molar refractivity (Wildman–Crippen MR) is 119 cm³/mol. The molecule has 1 aliphatic heterocycles. The van der Waals surface area contributed by atoms with Gasteiger partial charge < -0.3 is 24.4 Å². The third-order valence-corrected chi connectivity index (χ3v) is 4.87. The summed E-state index contributed by atoms with van der Waals surface area (Å²) in [6, 6.07) is 6.09. The fourth-order valence-corrected chi connectivity index (χ4v) is 3.47. The van der Waals surface area contributed by atoms with E-state index in [1.807, 2.05) is 13.1 Å². The van der Waals surface area contributed by atoms with Crippen LogP contribution in [0.15, 0.2) is 27.7 Å². The number of nitrogens with one attached hydrogen (secondary N) is 1. The summed E-state index contributed by atoms with van der Waals surface area (Å²) >= 11 is 3.52. The van der Waals surface area contributed by atoms with Crippen LogP contribution in [0.25, 0.3) is 0 Å². The van der Waals surface area contributed by atoms with Gasteiger partial charge in [0.1, 0.15) is 5.75 Å². The summed E-state index contributed by atoms with van der Waals surface area (Å²) in [5.41, 5.74) is 1.17. The lowest BCUT2D eigenvalue weighted by Gasteiger charge is -2.22. The molecule has 0 spiro atoms. The minimum absolute atomic E-state index is 0. The molecule has 1 saturated heterocycles. The number of guanidine groups is 1. The van der Waals surface area contributed by atoms with E-state index in [0.29, 0.717) is 19.1 Å². The molecule has 1 fully saturated rings. The van der Waals surface area contributed by atoms with Crippen LogP contribution in [0.5, 0.6) is 5.75 Å². The molecule has 1 aromatic rings. The molecule has 0 radical (unpaired) electrons. The Labute approximate surface area is 181 Å². The first-order chi connectivity index (χ1) is 12.2. The molecule has 0 amide bonds. The lowest BCUT2D eigenvalue weighted by Crippen LogP contribution is -2.39. The minimum Gasteiger partial charge on any atom is -0.496 e. The van der Waals surface area contributed by atoms with Gasteiger partial charge in [0.15, 0.2) is 5.96 Å². The number of benzene rings is 1. The van der Waals surface area contributed by atoms with Crippen molar-refractivity contribution in [2.45, 2.75) is 13.0 Å². The molecule has 6 nitrogen and oxygen atoms in total. The molecule has 26 heavy (non-hydrogen) atoms. The molecule has 1 aliphatic rings. The molecule has 148 valence electrons. The number of likely N-dealkylation sites (tertiary alicyclic amines) is 1. The van der Waals surface area contributed by atoms with Crippen LogP contribution >= 0.6 is 39.9 Å². The van der Waals surface area contributed by atoms with Gasteiger partial charge in [-0.05, 0) is 40.0 Å². The summed E-state index contributed by atoms with van der Waals surface area (Å²) in [5, 5.41) is 3.44. The van der Waals surface area contributed by atoms with Crippen molar-refractivity contribution in [2.75, 3.05) is 54.2 Å². The number of halogens is 2. The average molecular weight is 542 g/mol. The number of ether oxygens (including phenoxy) is 3. The molecule has 8 heteroatoms. The second-order valence-corrected chi connectivity index (χ2v) is 6.89. The van der Waals surface area contributed by atoms with Crippen LogP contribution in [0, 0.1) is 5.92 Å². The lowest BCUT2D eigenvalue weighted by atomic mass is 10.1. The quantitative estimate of drug-likeness (QED) is 0.237. The van der Waals surface area contributed by atoms with E-state index in [1.54, 1.807) is 14.2 Å². The van der Waals surface area contributed by atoms with Gasteiger partial charge in [-0.15, -0.1) is 24.0 Å². The van der Waals surface area contributed by atoms with E-state index in [2.05, 4.69) is 43.3 Å². The van der Waals surface area contributed by atoms with Crippen LogP contribution < -0.4 is 10.1 Å². The van der Waals surface area contributed by atoms with E-state index in [1.165, 1.54) is 5.56 Å². The average Bonchev–Trinajstić information content (AvgIpc) is 3.08. The molecule has 1 N–H and O–H groups in total. The zero-order chi connectivity index (χ0) is 18.1. The molecule has 2 rings (SSSR count). The number of rotatable bonds is 8. The standard InChI is InChI=1S/C18H28BrN3O3.HI/c1-20-18(21-11-14-4-5-17(24-3)16(19)10-14)22-7-6-15(12-22)13-25-9-8-23-2;/h4-5,10,15H,6-9,11-13H2,1-3H3,(H,20,21);1H. The van der Waals surface area contributed by atoms with Crippen LogP contribution in [0.4, 0.5) is 0 Å². The highest BCUT2D eigenvalue weighted by Gasteiger charge is 2.24. The fourth-order valence-electron chi connectivity index (χ4n) is 2.89. The molecule has 0 aromatic heterocycles. The number of methoxy groups -OCH3 is 2. The van der Waals surface area contributed by atoms with Crippen molar-refractivity contribution < 1.29 is 14.2 Å². The van der Waals surface area contributed by atoms with Gasteiger partial charge in [-0.25, -0.2) is 0 Å². The molecule has 1 unspecified atom stereocenters. The Morgan fingerprint density at radius 2 is 2.15 bits per heavy atom. The van der Waals surface area contributed by atoms with Gasteiger partial charge in [0.25, 0.3) is 0 Å². The molecule has 0 saturated carbocycles. The number of aliphatic imine (C=N–C) groups is 1. The van der Waals surface area contributed by atoms with E-state index >= 15 is 0 Å². The largest absolute Gasteiger partial charge is 0.496 e.